The van der Waals surface area contributed by atoms with Gasteiger partial charge < -0.3 is 45.2 Å². The Morgan fingerprint density at radius 1 is 0.931 bits per heavy atom. The minimum absolute atomic E-state index is 0.0572. The van der Waals surface area contributed by atoms with Gasteiger partial charge in [0.05, 0.1) is 6.61 Å². The Morgan fingerprint density at radius 2 is 1.52 bits per heavy atom. The first-order valence-electron chi connectivity index (χ1n) is 8.59. The van der Waals surface area contributed by atoms with E-state index in [1.165, 1.54) is 24.3 Å². The molecule has 0 bridgehead atoms. The Morgan fingerprint density at radius 3 is 2.07 bits per heavy atom. The molecule has 2 aromatic carbocycles. The molecular weight excluding hydrogens is 388 g/mol. The molecule has 1 saturated heterocycles. The molecule has 3 rings (SSSR count). The number of aliphatic hydroxyl groups excluding tert-OH is 4. The highest BCUT2D eigenvalue weighted by Crippen LogP contribution is 2.36. The van der Waals surface area contributed by atoms with Gasteiger partial charge in [0, 0.05) is 17.7 Å². The molecule has 0 radical (unpaired) electrons. The van der Waals surface area contributed by atoms with Gasteiger partial charge in [-0.25, -0.2) is 0 Å². The van der Waals surface area contributed by atoms with Crippen molar-refractivity contribution in [3.8, 4) is 23.0 Å². The Labute approximate surface area is 164 Å². The number of carbonyl (C=O) groups excluding carboxylic acids is 1. The quantitative estimate of drug-likeness (QED) is 0.310. The number of phenolic OH excluding ortho intramolecular Hbond substituents is 3. The number of hydrogen-bond acceptors (Lipinski definition) is 10. The zero-order valence-electron chi connectivity index (χ0n) is 14.9. The van der Waals surface area contributed by atoms with Gasteiger partial charge in [0.15, 0.2) is 0 Å². The van der Waals surface area contributed by atoms with Crippen molar-refractivity contribution in [1.82, 2.24) is 0 Å². The van der Waals surface area contributed by atoms with Crippen LogP contribution in [-0.4, -0.2) is 78.8 Å². The van der Waals surface area contributed by atoms with Gasteiger partial charge in [0.1, 0.15) is 53.0 Å². The minimum atomic E-state index is -1.68. The third-order valence-electron chi connectivity index (χ3n) is 4.53. The molecule has 0 aliphatic carbocycles. The topological polar surface area (TPSA) is 177 Å². The molecule has 10 nitrogen and oxygen atoms in total. The number of rotatable bonds is 5. The molecule has 0 saturated carbocycles. The SMILES string of the molecule is O=C(c1ccc(O)cc1)c1c(O)cc(O[C@@H]2O[C@H](CO)[C@@H](O)[C@H](O)[C@H]2O)cc1O. The van der Waals surface area contributed by atoms with Crippen molar-refractivity contribution in [2.75, 3.05) is 6.61 Å². The summed E-state index contributed by atoms with van der Waals surface area (Å²) in [4.78, 5) is 12.5. The van der Waals surface area contributed by atoms with E-state index in [1.54, 1.807) is 0 Å². The lowest BCUT2D eigenvalue weighted by atomic mass is 9.99. The first-order valence-corrected chi connectivity index (χ1v) is 8.59. The molecule has 1 aliphatic heterocycles. The van der Waals surface area contributed by atoms with Gasteiger partial charge in [0.25, 0.3) is 0 Å². The highest BCUT2D eigenvalue weighted by atomic mass is 16.7. The zero-order valence-corrected chi connectivity index (χ0v) is 14.9. The zero-order chi connectivity index (χ0) is 21.3. The number of phenols is 3. The van der Waals surface area contributed by atoms with Crippen LogP contribution in [0.1, 0.15) is 15.9 Å². The van der Waals surface area contributed by atoms with Crippen molar-refractivity contribution < 1.29 is 50.0 Å². The number of ether oxygens (including phenoxy) is 2. The molecule has 5 atom stereocenters. The summed E-state index contributed by atoms with van der Waals surface area (Å²) >= 11 is 0. The molecule has 10 heteroatoms. The van der Waals surface area contributed by atoms with Crippen LogP contribution in [0.25, 0.3) is 0 Å². The normalized spacial score (nSPS) is 26.8. The summed E-state index contributed by atoms with van der Waals surface area (Å²) < 4.78 is 10.5. The van der Waals surface area contributed by atoms with Crippen molar-refractivity contribution in [1.29, 1.82) is 0 Å². The van der Waals surface area contributed by atoms with Gasteiger partial charge in [-0.05, 0) is 24.3 Å². The number of ketones is 1. The van der Waals surface area contributed by atoms with Crippen LogP contribution >= 0.6 is 0 Å². The van der Waals surface area contributed by atoms with Crippen LogP contribution in [0.4, 0.5) is 0 Å². The van der Waals surface area contributed by atoms with E-state index in [9.17, 15) is 40.5 Å². The van der Waals surface area contributed by atoms with E-state index in [4.69, 9.17) is 9.47 Å². The van der Waals surface area contributed by atoms with Crippen molar-refractivity contribution >= 4 is 5.78 Å². The summed E-state index contributed by atoms with van der Waals surface area (Å²) in [6.07, 6.45) is -7.64. The van der Waals surface area contributed by atoms with E-state index >= 15 is 0 Å². The molecule has 1 aliphatic rings. The van der Waals surface area contributed by atoms with E-state index in [1.807, 2.05) is 0 Å². The number of aliphatic hydroxyl groups is 4. The fraction of sp³-hybridized carbons (Fsp3) is 0.316. The summed E-state index contributed by atoms with van der Waals surface area (Å²) in [6.45, 7) is -0.651. The highest BCUT2D eigenvalue weighted by molar-refractivity contribution is 6.12. The molecule has 7 N–H and O–H groups in total. The second-order valence-corrected chi connectivity index (χ2v) is 6.53. The maximum absolute atomic E-state index is 12.5. The molecule has 2 aromatic rings. The van der Waals surface area contributed by atoms with E-state index in [2.05, 4.69) is 0 Å². The fourth-order valence-electron chi connectivity index (χ4n) is 2.94. The average Bonchev–Trinajstić information content (AvgIpc) is 2.68. The molecule has 0 unspecified atom stereocenters. The Balaban J connectivity index is 1.84. The molecule has 1 heterocycles. The molecule has 0 aromatic heterocycles. The Kier molecular flexibility index (Phi) is 5.91. The van der Waals surface area contributed by atoms with Crippen molar-refractivity contribution in [2.24, 2.45) is 0 Å². The maximum atomic E-state index is 12.5. The van der Waals surface area contributed by atoms with Crippen LogP contribution in [0, 0.1) is 0 Å². The number of aromatic hydroxyl groups is 3. The highest BCUT2D eigenvalue weighted by Gasteiger charge is 2.44. The van der Waals surface area contributed by atoms with Crippen LogP contribution in [0.2, 0.25) is 0 Å². The average molecular weight is 408 g/mol. The predicted octanol–water partition coefficient (Wildman–Crippen LogP) is -0.787. The van der Waals surface area contributed by atoms with Gasteiger partial charge in [-0.3, -0.25) is 4.79 Å². The van der Waals surface area contributed by atoms with Crippen molar-refractivity contribution in [3.63, 3.8) is 0 Å². The smallest absolute Gasteiger partial charge is 0.229 e. The standard InChI is InChI=1S/C19H20O10/c20-7-13-16(25)17(26)18(27)19(29-13)28-10-5-11(22)14(12(23)6-10)15(24)8-1-3-9(21)4-2-8/h1-6,13,16-23,25-27H,7H2/t13-,16-,17+,18-,19-/m1/s1. The number of benzene rings is 2. The van der Waals surface area contributed by atoms with Crippen LogP contribution in [0.3, 0.4) is 0 Å². The second kappa shape index (κ2) is 8.23. The predicted molar refractivity (Wildman–Crippen MR) is 95.7 cm³/mol. The summed E-state index contributed by atoms with van der Waals surface area (Å²) in [6, 6.07) is 7.17. The summed E-state index contributed by atoms with van der Waals surface area (Å²) in [5.41, 5.74) is -0.298. The fourth-order valence-corrected chi connectivity index (χ4v) is 2.94. The lowest BCUT2D eigenvalue weighted by Gasteiger charge is -2.39. The largest absolute Gasteiger partial charge is 0.508 e. The van der Waals surface area contributed by atoms with E-state index < -0.39 is 60.2 Å². The van der Waals surface area contributed by atoms with E-state index in [0.29, 0.717) is 0 Å². The molecule has 156 valence electrons. The van der Waals surface area contributed by atoms with Crippen LogP contribution < -0.4 is 4.74 Å². The second-order valence-electron chi connectivity index (χ2n) is 6.53. The molecule has 1 fully saturated rings. The number of hydrogen-bond donors (Lipinski definition) is 7. The summed E-state index contributed by atoms with van der Waals surface area (Å²) in [7, 11) is 0. The van der Waals surface area contributed by atoms with Gasteiger partial charge in [-0.2, -0.15) is 0 Å². The van der Waals surface area contributed by atoms with Gasteiger partial charge in [-0.1, -0.05) is 0 Å². The molecule has 0 amide bonds. The summed E-state index contributed by atoms with van der Waals surface area (Å²) in [5, 5.41) is 68.4. The monoisotopic (exact) mass is 408 g/mol. The third-order valence-corrected chi connectivity index (χ3v) is 4.53. The van der Waals surface area contributed by atoms with E-state index in [0.717, 1.165) is 12.1 Å². The van der Waals surface area contributed by atoms with Gasteiger partial charge in [-0.15, -0.1) is 0 Å². The van der Waals surface area contributed by atoms with Crippen LogP contribution in [0.15, 0.2) is 36.4 Å². The van der Waals surface area contributed by atoms with Gasteiger partial charge >= 0.3 is 0 Å². The van der Waals surface area contributed by atoms with Crippen LogP contribution in [0.5, 0.6) is 23.0 Å². The first kappa shape index (κ1) is 20.8. The maximum Gasteiger partial charge on any atom is 0.229 e. The minimum Gasteiger partial charge on any atom is -0.508 e. The first-order chi connectivity index (χ1) is 13.7. The van der Waals surface area contributed by atoms with Crippen molar-refractivity contribution in [2.45, 2.75) is 30.7 Å². The third kappa shape index (κ3) is 4.11. The number of carbonyl (C=O) groups is 1. The lowest BCUT2D eigenvalue weighted by molar-refractivity contribution is -0.277. The Bertz CT molecular complexity index is 856. The molecular formula is C19H20O10. The van der Waals surface area contributed by atoms with Crippen LogP contribution in [-0.2, 0) is 4.74 Å². The molecule has 29 heavy (non-hydrogen) atoms. The van der Waals surface area contributed by atoms with Gasteiger partial charge in [0.2, 0.25) is 12.1 Å². The van der Waals surface area contributed by atoms with Crippen molar-refractivity contribution in [3.05, 3.63) is 47.5 Å². The molecule has 0 spiro atoms. The lowest BCUT2D eigenvalue weighted by Crippen LogP contribution is -2.60. The van der Waals surface area contributed by atoms with E-state index in [-0.39, 0.29) is 17.1 Å². The summed E-state index contributed by atoms with van der Waals surface area (Å²) in [5.74, 6) is -2.21. The Hall–Kier alpha value is -2.89.